The van der Waals surface area contributed by atoms with Crippen molar-refractivity contribution in [2.45, 2.75) is 25.5 Å². The zero-order valence-corrected chi connectivity index (χ0v) is 13.3. The van der Waals surface area contributed by atoms with Gasteiger partial charge in [-0.05, 0) is 32.0 Å². The number of nitrogens with zero attached hydrogens (tertiary/aromatic N) is 2. The minimum atomic E-state index is -0.387. The molecule has 0 radical (unpaired) electrons. The second kappa shape index (κ2) is 6.84. The van der Waals surface area contributed by atoms with Crippen LogP contribution in [0.3, 0.4) is 0 Å². The number of aliphatic hydroxyl groups excluding tert-OH is 1. The van der Waals surface area contributed by atoms with Gasteiger partial charge in [-0.25, -0.2) is 0 Å². The average molecular weight is 327 g/mol. The highest BCUT2D eigenvalue weighted by Gasteiger charge is 2.22. The lowest BCUT2D eigenvalue weighted by molar-refractivity contribution is 0.0768. The summed E-state index contributed by atoms with van der Waals surface area (Å²) in [5.74, 6) is 0. The van der Waals surface area contributed by atoms with E-state index in [-0.39, 0.29) is 6.10 Å². The maximum Gasteiger partial charge on any atom is 0.0813 e. The predicted molar refractivity (Wildman–Crippen MR) is 82.3 cm³/mol. The number of piperazine rings is 1. The van der Waals surface area contributed by atoms with Gasteiger partial charge in [-0.2, -0.15) is 0 Å². The molecule has 2 rings (SSSR count). The highest BCUT2D eigenvalue weighted by Crippen LogP contribution is 2.25. The Bertz CT molecular complexity index is 413. The first-order chi connectivity index (χ1) is 9.08. The molecule has 0 spiro atoms. The Hall–Kier alpha value is -0.420. The zero-order valence-electron chi connectivity index (χ0n) is 11.7. The quantitative estimate of drug-likeness (QED) is 0.921. The number of rotatable bonds is 4. The van der Waals surface area contributed by atoms with Crippen molar-refractivity contribution in [1.82, 2.24) is 9.80 Å². The van der Waals surface area contributed by atoms with Crippen LogP contribution in [0.4, 0.5) is 0 Å². The van der Waals surface area contributed by atoms with Crippen molar-refractivity contribution in [3.63, 3.8) is 0 Å². The Balaban J connectivity index is 1.87. The third-order valence-corrected chi connectivity index (χ3v) is 4.64. The Morgan fingerprint density at radius 2 is 2.11 bits per heavy atom. The predicted octanol–water partition coefficient (Wildman–Crippen LogP) is 2.51. The summed E-state index contributed by atoms with van der Waals surface area (Å²) in [7, 11) is 2.17. The maximum absolute atomic E-state index is 10.3. The molecule has 4 heteroatoms. The molecular formula is C15H23BrN2O. The zero-order chi connectivity index (χ0) is 13.8. The summed E-state index contributed by atoms with van der Waals surface area (Å²) in [4.78, 5) is 4.84. The van der Waals surface area contributed by atoms with Gasteiger partial charge in [0.25, 0.3) is 0 Å². The fourth-order valence-electron chi connectivity index (χ4n) is 2.70. The van der Waals surface area contributed by atoms with Gasteiger partial charge in [0.05, 0.1) is 6.10 Å². The topological polar surface area (TPSA) is 26.7 Å². The lowest BCUT2D eigenvalue weighted by Gasteiger charge is -2.38. The van der Waals surface area contributed by atoms with Gasteiger partial charge >= 0.3 is 0 Å². The Labute approximate surface area is 124 Å². The van der Waals surface area contributed by atoms with E-state index in [1.807, 2.05) is 24.3 Å². The number of halogens is 1. The monoisotopic (exact) mass is 326 g/mol. The molecule has 2 unspecified atom stereocenters. The first kappa shape index (κ1) is 15.0. The molecule has 1 aliphatic heterocycles. The number of hydrogen-bond acceptors (Lipinski definition) is 3. The van der Waals surface area contributed by atoms with Crippen LogP contribution in [0.5, 0.6) is 0 Å². The highest BCUT2D eigenvalue weighted by molar-refractivity contribution is 9.10. The van der Waals surface area contributed by atoms with E-state index >= 15 is 0 Å². The Morgan fingerprint density at radius 1 is 1.37 bits per heavy atom. The molecular weight excluding hydrogens is 304 g/mol. The lowest BCUT2D eigenvalue weighted by Crippen LogP contribution is -2.50. The molecule has 1 heterocycles. The molecule has 1 fully saturated rings. The highest BCUT2D eigenvalue weighted by atomic mass is 79.9. The van der Waals surface area contributed by atoms with Gasteiger partial charge in [-0.1, -0.05) is 34.1 Å². The molecule has 1 aromatic carbocycles. The second-order valence-corrected chi connectivity index (χ2v) is 6.33. The van der Waals surface area contributed by atoms with Crippen molar-refractivity contribution >= 4 is 15.9 Å². The number of benzene rings is 1. The van der Waals surface area contributed by atoms with E-state index in [1.54, 1.807) is 0 Å². The fraction of sp³-hybridized carbons (Fsp3) is 0.600. The normalized spacial score (nSPS) is 23.5. The largest absolute Gasteiger partial charge is 0.388 e. The van der Waals surface area contributed by atoms with Crippen LogP contribution >= 0.6 is 15.9 Å². The molecule has 1 saturated heterocycles. The summed E-state index contributed by atoms with van der Waals surface area (Å²) in [6, 6.07) is 8.49. The second-order valence-electron chi connectivity index (χ2n) is 5.47. The minimum Gasteiger partial charge on any atom is -0.388 e. The van der Waals surface area contributed by atoms with Crippen LogP contribution in [0.25, 0.3) is 0 Å². The van der Waals surface area contributed by atoms with E-state index in [0.29, 0.717) is 6.04 Å². The summed E-state index contributed by atoms with van der Waals surface area (Å²) in [6.45, 7) is 6.55. The summed E-state index contributed by atoms with van der Waals surface area (Å²) in [5, 5.41) is 10.3. The lowest BCUT2D eigenvalue weighted by atomic mass is 10.1. The average Bonchev–Trinajstić information content (AvgIpc) is 2.38. The third-order valence-electron chi connectivity index (χ3n) is 3.92. The summed E-state index contributed by atoms with van der Waals surface area (Å²) in [5.41, 5.74) is 0.990. The SMILES string of the molecule is CC1CN(C)CCN1CCC(O)c1ccccc1Br. The van der Waals surface area contributed by atoms with Crippen molar-refractivity contribution in [3.8, 4) is 0 Å². The van der Waals surface area contributed by atoms with E-state index in [9.17, 15) is 5.11 Å². The van der Waals surface area contributed by atoms with Gasteiger partial charge in [0, 0.05) is 36.7 Å². The Kier molecular flexibility index (Phi) is 5.39. The molecule has 0 aliphatic carbocycles. The molecule has 1 N–H and O–H groups in total. The first-order valence-corrected chi connectivity index (χ1v) is 7.72. The minimum absolute atomic E-state index is 0.387. The van der Waals surface area contributed by atoms with Gasteiger partial charge in [-0.15, -0.1) is 0 Å². The molecule has 1 aromatic rings. The van der Waals surface area contributed by atoms with Crippen molar-refractivity contribution in [2.24, 2.45) is 0 Å². The summed E-state index contributed by atoms with van der Waals surface area (Å²) < 4.78 is 0.994. The fourth-order valence-corrected chi connectivity index (χ4v) is 3.25. The van der Waals surface area contributed by atoms with Crippen LogP contribution in [0.1, 0.15) is 25.0 Å². The van der Waals surface area contributed by atoms with Gasteiger partial charge in [0.2, 0.25) is 0 Å². The van der Waals surface area contributed by atoms with E-state index in [1.165, 1.54) is 0 Å². The van der Waals surface area contributed by atoms with Crippen LogP contribution in [0.2, 0.25) is 0 Å². The van der Waals surface area contributed by atoms with Gasteiger partial charge in [0.15, 0.2) is 0 Å². The van der Waals surface area contributed by atoms with Crippen LogP contribution in [-0.2, 0) is 0 Å². The van der Waals surface area contributed by atoms with E-state index < -0.39 is 0 Å². The van der Waals surface area contributed by atoms with Crippen molar-refractivity contribution < 1.29 is 5.11 Å². The van der Waals surface area contributed by atoms with E-state index in [2.05, 4.69) is 39.7 Å². The van der Waals surface area contributed by atoms with E-state index in [0.717, 1.165) is 42.6 Å². The molecule has 0 bridgehead atoms. The van der Waals surface area contributed by atoms with Gasteiger partial charge < -0.3 is 10.0 Å². The summed E-state index contributed by atoms with van der Waals surface area (Å²) >= 11 is 3.50. The molecule has 1 aliphatic rings. The molecule has 2 atom stereocenters. The van der Waals surface area contributed by atoms with Crippen LogP contribution in [-0.4, -0.2) is 54.2 Å². The Morgan fingerprint density at radius 3 is 2.79 bits per heavy atom. The van der Waals surface area contributed by atoms with Gasteiger partial charge in [-0.3, -0.25) is 4.90 Å². The van der Waals surface area contributed by atoms with Crippen LogP contribution in [0.15, 0.2) is 28.7 Å². The van der Waals surface area contributed by atoms with Crippen molar-refractivity contribution in [3.05, 3.63) is 34.3 Å². The van der Waals surface area contributed by atoms with Crippen molar-refractivity contribution in [2.75, 3.05) is 33.2 Å². The van der Waals surface area contributed by atoms with E-state index in [4.69, 9.17) is 0 Å². The van der Waals surface area contributed by atoms with Crippen LogP contribution in [0, 0.1) is 0 Å². The molecule has 106 valence electrons. The first-order valence-electron chi connectivity index (χ1n) is 6.93. The molecule has 19 heavy (non-hydrogen) atoms. The number of hydrogen-bond donors (Lipinski definition) is 1. The molecule has 0 amide bonds. The number of likely N-dealkylation sites (N-methyl/N-ethyl adjacent to an activating group) is 1. The molecule has 3 nitrogen and oxygen atoms in total. The van der Waals surface area contributed by atoms with Crippen LogP contribution < -0.4 is 0 Å². The maximum atomic E-state index is 10.3. The molecule has 0 aromatic heterocycles. The number of aliphatic hydroxyl groups is 1. The smallest absolute Gasteiger partial charge is 0.0813 e. The van der Waals surface area contributed by atoms with Gasteiger partial charge in [0.1, 0.15) is 0 Å². The van der Waals surface area contributed by atoms with Crippen molar-refractivity contribution in [1.29, 1.82) is 0 Å². The molecule has 0 saturated carbocycles. The standard InChI is InChI=1S/C15H23BrN2O/c1-12-11-17(2)9-10-18(12)8-7-15(19)13-5-3-4-6-14(13)16/h3-6,12,15,19H,7-11H2,1-2H3. The third kappa shape index (κ3) is 4.02. The summed E-state index contributed by atoms with van der Waals surface area (Å²) in [6.07, 6.45) is 0.402.